The molecule has 0 radical (unpaired) electrons. The second kappa shape index (κ2) is 11.9. The van der Waals surface area contributed by atoms with E-state index in [1.165, 1.54) is 5.57 Å². The molecule has 0 bridgehead atoms. The maximum atomic E-state index is 11.3. The van der Waals surface area contributed by atoms with Crippen LogP contribution in [-0.2, 0) is 9.63 Å². The van der Waals surface area contributed by atoms with Gasteiger partial charge in [-0.2, -0.15) is 0 Å². The standard InChI is InChI=1S/C24H33ClN2O3/c1-17(2)10-6-5-9-13-30-27-15-20(14-26-16-27)22-12-8-7-11-21(22)18(3)19(4)23(25)24(28)29/h7-8,10-12,14,16,18-19,23H,5-6,9,13,15H2,1-4H3,(H,28,29)/t18?,19-,23-/m0/s1. The average Bonchev–Trinajstić information content (AvgIpc) is 2.74. The van der Waals surface area contributed by atoms with Crippen molar-refractivity contribution in [3.8, 4) is 0 Å². The Morgan fingerprint density at radius 2 is 2.03 bits per heavy atom. The summed E-state index contributed by atoms with van der Waals surface area (Å²) in [6.45, 7) is 9.38. The summed E-state index contributed by atoms with van der Waals surface area (Å²) in [7, 11) is 0. The van der Waals surface area contributed by atoms with Gasteiger partial charge in [0.2, 0.25) is 0 Å². The summed E-state index contributed by atoms with van der Waals surface area (Å²) in [5, 5.41) is 10.1. The van der Waals surface area contributed by atoms with Crippen LogP contribution < -0.4 is 0 Å². The van der Waals surface area contributed by atoms with E-state index in [-0.39, 0.29) is 11.8 Å². The summed E-state index contributed by atoms with van der Waals surface area (Å²) in [6, 6.07) is 8.04. The number of aliphatic carboxylic acids is 1. The molecule has 5 nitrogen and oxygen atoms in total. The van der Waals surface area contributed by atoms with Crippen molar-refractivity contribution in [2.75, 3.05) is 13.2 Å². The summed E-state index contributed by atoms with van der Waals surface area (Å²) in [4.78, 5) is 21.5. The monoisotopic (exact) mass is 432 g/mol. The first-order chi connectivity index (χ1) is 14.3. The summed E-state index contributed by atoms with van der Waals surface area (Å²) >= 11 is 6.11. The minimum Gasteiger partial charge on any atom is -0.480 e. The molecule has 0 aliphatic carbocycles. The molecule has 1 heterocycles. The number of aliphatic imine (C=N–C) groups is 1. The van der Waals surface area contributed by atoms with Gasteiger partial charge in [-0.05, 0) is 61.6 Å². The number of carboxylic acids is 1. The normalized spacial score (nSPS) is 16.6. The van der Waals surface area contributed by atoms with Gasteiger partial charge in [0.05, 0.1) is 13.2 Å². The molecule has 6 heteroatoms. The summed E-state index contributed by atoms with van der Waals surface area (Å²) in [5.74, 6) is -1.22. The maximum Gasteiger partial charge on any atom is 0.321 e. The van der Waals surface area contributed by atoms with Gasteiger partial charge in [-0.25, -0.2) is 10.1 Å². The molecule has 0 amide bonds. The van der Waals surface area contributed by atoms with E-state index in [1.807, 2.05) is 44.3 Å². The van der Waals surface area contributed by atoms with Crippen LogP contribution in [0.15, 0.2) is 47.1 Å². The van der Waals surface area contributed by atoms with Gasteiger partial charge >= 0.3 is 5.97 Å². The van der Waals surface area contributed by atoms with Crippen molar-refractivity contribution < 1.29 is 14.7 Å². The van der Waals surface area contributed by atoms with Crippen molar-refractivity contribution >= 4 is 29.5 Å². The molecule has 0 saturated carbocycles. The molecule has 0 saturated heterocycles. The highest BCUT2D eigenvalue weighted by atomic mass is 35.5. The molecule has 1 aromatic rings. The minimum absolute atomic E-state index is 0.0175. The average molecular weight is 433 g/mol. The maximum absolute atomic E-state index is 11.3. The molecule has 0 fully saturated rings. The number of hydroxylamine groups is 2. The molecule has 1 aliphatic heterocycles. The highest BCUT2D eigenvalue weighted by Gasteiger charge is 2.29. The largest absolute Gasteiger partial charge is 0.480 e. The van der Waals surface area contributed by atoms with E-state index >= 15 is 0 Å². The quantitative estimate of drug-likeness (QED) is 0.270. The highest BCUT2D eigenvalue weighted by molar-refractivity contribution is 6.29. The van der Waals surface area contributed by atoms with E-state index in [2.05, 4.69) is 24.9 Å². The van der Waals surface area contributed by atoms with Crippen LogP contribution in [-0.4, -0.2) is 41.0 Å². The summed E-state index contributed by atoms with van der Waals surface area (Å²) in [5.41, 5.74) is 4.51. The predicted octanol–water partition coefficient (Wildman–Crippen LogP) is 5.87. The number of nitrogens with zero attached hydrogens (tertiary/aromatic N) is 2. The molecule has 1 aliphatic rings. The van der Waals surface area contributed by atoms with Gasteiger partial charge in [-0.1, -0.05) is 49.8 Å². The summed E-state index contributed by atoms with van der Waals surface area (Å²) < 4.78 is 0. The molecular formula is C24H33ClN2O3. The van der Waals surface area contributed by atoms with Crippen molar-refractivity contribution in [2.45, 2.75) is 58.3 Å². The number of rotatable bonds is 11. The van der Waals surface area contributed by atoms with Crippen molar-refractivity contribution in [1.82, 2.24) is 5.06 Å². The van der Waals surface area contributed by atoms with Crippen LogP contribution in [0.3, 0.4) is 0 Å². The molecule has 0 spiro atoms. The van der Waals surface area contributed by atoms with E-state index in [0.29, 0.717) is 13.2 Å². The molecule has 1 aromatic carbocycles. The number of benzene rings is 1. The van der Waals surface area contributed by atoms with Crippen molar-refractivity contribution in [1.29, 1.82) is 0 Å². The molecular weight excluding hydrogens is 400 g/mol. The van der Waals surface area contributed by atoms with Gasteiger partial charge in [0.1, 0.15) is 11.7 Å². The first-order valence-corrected chi connectivity index (χ1v) is 11.0. The third-order valence-electron chi connectivity index (χ3n) is 5.44. The second-order valence-electron chi connectivity index (χ2n) is 8.08. The molecule has 3 atom stereocenters. The van der Waals surface area contributed by atoms with E-state index in [1.54, 1.807) is 11.4 Å². The minimum atomic E-state index is -0.987. The molecule has 164 valence electrons. The Bertz CT molecular complexity index is 799. The lowest BCUT2D eigenvalue weighted by Crippen LogP contribution is -2.28. The van der Waals surface area contributed by atoms with Crippen molar-refractivity contribution in [3.05, 3.63) is 53.2 Å². The first-order valence-electron chi connectivity index (χ1n) is 10.5. The zero-order valence-electron chi connectivity index (χ0n) is 18.3. The van der Waals surface area contributed by atoms with Crippen LogP contribution in [0, 0.1) is 5.92 Å². The molecule has 30 heavy (non-hydrogen) atoms. The van der Waals surface area contributed by atoms with Crippen LogP contribution in [0.1, 0.15) is 64.0 Å². The molecule has 2 rings (SSSR count). The first kappa shape index (κ1) is 24.2. The Labute approximate surface area is 185 Å². The summed E-state index contributed by atoms with van der Waals surface area (Å²) in [6.07, 6.45) is 8.96. The fraction of sp³-hybridized carbons (Fsp3) is 0.500. The van der Waals surface area contributed by atoms with E-state index in [9.17, 15) is 9.90 Å². The fourth-order valence-electron chi connectivity index (χ4n) is 3.45. The number of alkyl halides is 1. The zero-order chi connectivity index (χ0) is 22.1. The number of halogens is 1. The van der Waals surface area contributed by atoms with Crippen LogP contribution >= 0.6 is 11.6 Å². The zero-order valence-corrected chi connectivity index (χ0v) is 19.1. The lowest BCUT2D eigenvalue weighted by molar-refractivity contribution is -0.137. The lowest BCUT2D eigenvalue weighted by Gasteiger charge is -2.28. The van der Waals surface area contributed by atoms with E-state index < -0.39 is 11.3 Å². The van der Waals surface area contributed by atoms with Crippen molar-refractivity contribution in [2.24, 2.45) is 10.9 Å². The third-order valence-corrected chi connectivity index (χ3v) is 6.03. The molecule has 1 N–H and O–H groups in total. The number of unbranched alkanes of at least 4 members (excludes halogenated alkanes) is 2. The Morgan fingerprint density at radius 3 is 2.73 bits per heavy atom. The van der Waals surface area contributed by atoms with Gasteiger partial charge in [-0.15, -0.1) is 11.6 Å². The number of hydrogen-bond donors (Lipinski definition) is 1. The number of hydrogen-bond acceptors (Lipinski definition) is 4. The fourth-order valence-corrected chi connectivity index (χ4v) is 3.67. The number of allylic oxidation sites excluding steroid dienone is 2. The highest BCUT2D eigenvalue weighted by Crippen LogP contribution is 2.34. The Morgan fingerprint density at radius 1 is 1.30 bits per heavy atom. The number of carbonyl (C=O) groups is 1. The van der Waals surface area contributed by atoms with Gasteiger partial charge in [0.15, 0.2) is 0 Å². The van der Waals surface area contributed by atoms with Crippen LogP contribution in [0.4, 0.5) is 0 Å². The van der Waals surface area contributed by atoms with Gasteiger partial charge in [0, 0.05) is 6.20 Å². The van der Waals surface area contributed by atoms with Gasteiger partial charge in [0.25, 0.3) is 0 Å². The second-order valence-corrected chi connectivity index (χ2v) is 8.55. The smallest absolute Gasteiger partial charge is 0.321 e. The van der Waals surface area contributed by atoms with Crippen LogP contribution in [0.5, 0.6) is 0 Å². The van der Waals surface area contributed by atoms with E-state index in [4.69, 9.17) is 16.4 Å². The van der Waals surface area contributed by atoms with E-state index in [0.717, 1.165) is 36.0 Å². The number of carboxylic acid groups (broad SMARTS) is 1. The van der Waals surface area contributed by atoms with Crippen molar-refractivity contribution in [3.63, 3.8) is 0 Å². The SMILES string of the molecule is CC(C)=CCCCCON1C=NC=C(c2ccccc2C(C)[C@H](C)[C@H](Cl)C(=O)O)C1. The predicted molar refractivity (Wildman–Crippen MR) is 124 cm³/mol. The van der Waals surface area contributed by atoms with Crippen LogP contribution in [0.2, 0.25) is 0 Å². The Hall–Kier alpha value is -2.11. The molecule has 0 aromatic heterocycles. The van der Waals surface area contributed by atoms with Gasteiger partial charge in [-0.3, -0.25) is 9.63 Å². The van der Waals surface area contributed by atoms with Gasteiger partial charge < -0.3 is 5.11 Å². The van der Waals surface area contributed by atoms with Crippen LogP contribution in [0.25, 0.3) is 5.57 Å². The molecule has 1 unspecified atom stereocenters. The Kier molecular flexibility index (Phi) is 9.60. The third kappa shape index (κ3) is 6.99. The lowest BCUT2D eigenvalue weighted by atomic mass is 9.82. The topological polar surface area (TPSA) is 62.1 Å². The Balaban J connectivity index is 2.01.